The molecule has 38 nitrogen and oxygen atoms in total. The Hall–Kier alpha value is -12.2. The van der Waals surface area contributed by atoms with Crippen molar-refractivity contribution in [1.82, 2.24) is 84.4 Å². The predicted octanol–water partition coefficient (Wildman–Crippen LogP) is -0.150. The molecule has 1 fully saturated rings. The first-order chi connectivity index (χ1) is 56.9. The summed E-state index contributed by atoms with van der Waals surface area (Å²) in [6.07, 6.45) is 1.86. The highest BCUT2D eigenvalue weighted by molar-refractivity contribution is 8.00. The summed E-state index contributed by atoms with van der Waals surface area (Å²) in [7, 11) is 0. The first-order valence-corrected chi connectivity index (χ1v) is 41.3. The van der Waals surface area contributed by atoms with Crippen LogP contribution in [0.4, 0.5) is 0 Å². The Morgan fingerprint density at radius 3 is 1.42 bits per heavy atom. The number of phenolic OH excluding ortho intramolecular Hbond substituents is 1. The maximum Gasteiger partial charge on any atom is 0.305 e. The van der Waals surface area contributed by atoms with E-state index < -0.39 is 216 Å². The Labute approximate surface area is 700 Å². The molecule has 4 aromatic rings. The van der Waals surface area contributed by atoms with E-state index in [2.05, 4.69) is 84.4 Å². The highest BCUT2D eigenvalue weighted by Crippen LogP contribution is 2.22. The number of H-pyrrole nitrogens is 1. The summed E-state index contributed by atoms with van der Waals surface area (Å²) in [5.41, 5.74) is 14.0. The summed E-state index contributed by atoms with van der Waals surface area (Å²) >= 11 is 0.833. The van der Waals surface area contributed by atoms with Gasteiger partial charge in [0.1, 0.15) is 84.3 Å². The number of carbonyl (C=O) groups is 16. The molecular formula is C81H117N19O19S. The van der Waals surface area contributed by atoms with Crippen molar-refractivity contribution in [3.63, 3.8) is 0 Å². The van der Waals surface area contributed by atoms with Crippen LogP contribution in [0, 0.1) is 17.2 Å². The third-order valence-corrected chi connectivity index (χ3v) is 20.4. The van der Waals surface area contributed by atoms with Crippen LogP contribution < -0.4 is 85.9 Å². The van der Waals surface area contributed by atoms with Crippen molar-refractivity contribution >= 4 is 112 Å². The summed E-state index contributed by atoms with van der Waals surface area (Å²) < 4.78 is 0. The molecule has 1 aliphatic rings. The van der Waals surface area contributed by atoms with Crippen LogP contribution in [0.3, 0.4) is 0 Å². The van der Waals surface area contributed by atoms with Gasteiger partial charge in [0.25, 0.3) is 0 Å². The van der Waals surface area contributed by atoms with Crippen LogP contribution in [-0.2, 0) is 96.0 Å². The summed E-state index contributed by atoms with van der Waals surface area (Å²) in [4.78, 5) is 234. The van der Waals surface area contributed by atoms with Crippen molar-refractivity contribution in [2.75, 3.05) is 18.1 Å². The van der Waals surface area contributed by atoms with E-state index >= 15 is 4.79 Å². The quantitative estimate of drug-likeness (QED) is 0.0200. The van der Waals surface area contributed by atoms with Gasteiger partial charge in [0.15, 0.2) is 5.96 Å². The van der Waals surface area contributed by atoms with Crippen LogP contribution in [0.5, 0.6) is 5.75 Å². The maximum absolute atomic E-state index is 15.0. The Balaban J connectivity index is 1.62. The fourth-order valence-electron chi connectivity index (χ4n) is 12.7. The Morgan fingerprint density at radius 1 is 0.492 bits per heavy atom. The zero-order chi connectivity index (χ0) is 88.7. The molecule has 13 atom stereocenters. The first-order valence-electron chi connectivity index (χ1n) is 40.2. The number of hydrogen-bond donors (Lipinski definition) is 21. The number of benzene rings is 3. The number of imidazole rings is 1. The molecule has 0 radical (unpaired) electrons. The number of aliphatic carboxylic acids is 2. The monoisotopic (exact) mass is 1690 g/mol. The SMILES string of the molecule is CCCCC[C@@H]1NC(=O)[C@H](Cc2ccc(-c3ccccc3)cc2)NC(=O)[C@H](CC(C)C)NC(=O)[C@H](C(C)C)NC(=O)[C@H](CCC(=O)O)NC(=O)[C@H](CC(=O)O)NC(=O)[C@H](Cc2c[nH]cn2)NC(=O)[C@H](Cc2ccc(O)cc2)NC(=O)[C@H](CCCCC)NC(=O)[C@H](CCCNC(=N)N)NC(=O)[C@H](C)NC(=O)CSC[C@@H](C(N)=O)NC(=O)[C@H](C)NC1=O. The largest absolute Gasteiger partial charge is 0.508 e. The third kappa shape index (κ3) is 34.8. The highest BCUT2D eigenvalue weighted by atomic mass is 32.2. The molecule has 1 aliphatic heterocycles. The van der Waals surface area contributed by atoms with Crippen molar-refractivity contribution in [2.24, 2.45) is 23.3 Å². The lowest BCUT2D eigenvalue weighted by Crippen LogP contribution is -2.62. The van der Waals surface area contributed by atoms with Gasteiger partial charge in [0, 0.05) is 44.2 Å². The van der Waals surface area contributed by atoms with Gasteiger partial charge in [0.2, 0.25) is 82.7 Å². The minimum atomic E-state index is -2.11. The second-order valence-corrected chi connectivity index (χ2v) is 31.3. The molecule has 0 unspecified atom stereocenters. The van der Waals surface area contributed by atoms with Crippen LogP contribution in [0.2, 0.25) is 0 Å². The van der Waals surface area contributed by atoms with E-state index in [0.29, 0.717) is 49.7 Å². The molecule has 656 valence electrons. The van der Waals surface area contributed by atoms with Gasteiger partial charge >= 0.3 is 11.9 Å². The average Bonchev–Trinajstić information content (AvgIpc) is 0.911. The number of nitrogens with one attached hydrogen (secondary N) is 16. The third-order valence-electron chi connectivity index (χ3n) is 19.4. The van der Waals surface area contributed by atoms with Crippen molar-refractivity contribution in [3.8, 4) is 16.9 Å². The fourth-order valence-corrected chi connectivity index (χ4v) is 13.6. The molecule has 0 bridgehead atoms. The second kappa shape index (κ2) is 50.5. The van der Waals surface area contributed by atoms with Crippen LogP contribution in [0.15, 0.2) is 91.4 Å². The van der Waals surface area contributed by atoms with Gasteiger partial charge in [0.05, 0.1) is 24.2 Å². The summed E-state index contributed by atoms with van der Waals surface area (Å²) in [6.45, 7) is 12.9. The van der Waals surface area contributed by atoms with Gasteiger partial charge in [-0.05, 0) is 98.6 Å². The molecule has 3 aromatic carbocycles. The Bertz CT molecular complexity index is 4140. The number of guanidine groups is 1. The number of unbranched alkanes of at least 4 members (excludes halogenated alkanes) is 4. The van der Waals surface area contributed by atoms with Crippen molar-refractivity contribution in [3.05, 3.63) is 108 Å². The lowest BCUT2D eigenvalue weighted by molar-refractivity contribution is -0.142. The van der Waals surface area contributed by atoms with Gasteiger partial charge < -0.3 is 106 Å². The van der Waals surface area contributed by atoms with Crippen molar-refractivity contribution < 1.29 is 92.0 Å². The molecule has 120 heavy (non-hydrogen) atoms. The number of hydrogen-bond acceptors (Lipinski definition) is 20. The number of carboxylic acids is 2. The maximum atomic E-state index is 15.0. The molecule has 1 aromatic heterocycles. The topological polar surface area (TPSA) is 607 Å². The van der Waals surface area contributed by atoms with E-state index in [1.807, 2.05) is 56.3 Å². The molecule has 14 amide bonds. The number of phenols is 1. The minimum Gasteiger partial charge on any atom is -0.508 e. The minimum absolute atomic E-state index is 0.0272. The summed E-state index contributed by atoms with van der Waals surface area (Å²) in [5, 5.41) is 74.2. The number of aromatic amines is 1. The molecule has 1 saturated heterocycles. The van der Waals surface area contributed by atoms with Gasteiger partial charge in [-0.2, -0.15) is 0 Å². The molecule has 0 saturated carbocycles. The van der Waals surface area contributed by atoms with E-state index in [1.165, 1.54) is 64.5 Å². The molecule has 2 heterocycles. The molecule has 39 heteroatoms. The Kier molecular flexibility index (Phi) is 41.4. The standard InChI is InChI=1S/C81H117N19O19S/c1-9-11-14-21-54-71(110)89-47(8)70(109)99-63(68(82)107)41-120-42-64(102)88-46(7)69(108)90-56(23-18-34-86-81(83)84)72(111)91-55(22-15-12-10-2)73(112)94-60(37-49-26-30-53(101)31-27-49)77(116)96-61(38-52-40-85-43-87-52)78(117)97-62(39-66(105)106)79(118)93-57(32-33-65(103)104)74(113)100-67(45(5)6)80(119)98-58(35-44(3)4)75(114)95-59(76(115)92-54)36-48-24-28-51(29-25-48)50-19-16-13-17-20-50/h13,16-17,19-20,24-31,40,43-47,54-63,67,101H,9-12,14-15,18,21-23,32-39,41-42H2,1-8H3,(H2,82,107)(H,85,87)(H,88,102)(H,89,110)(H,90,108)(H,91,111)(H,92,115)(H,93,118)(H,94,112)(H,95,114)(H,96,116)(H,97,117)(H,98,119)(H,99,109)(H,100,113)(H,103,104)(H,105,106)(H4,83,84,86)/t46-,47-,54-,55-,56-,57-,58-,59-,60-,61-,62-,63-,67-/m0/s1. The van der Waals surface area contributed by atoms with E-state index in [1.54, 1.807) is 26.0 Å². The molecule has 0 spiro atoms. The van der Waals surface area contributed by atoms with E-state index in [-0.39, 0.29) is 74.6 Å². The zero-order valence-electron chi connectivity index (χ0n) is 68.8. The lowest BCUT2D eigenvalue weighted by atomic mass is 9.97. The molecule has 0 aliphatic carbocycles. The van der Waals surface area contributed by atoms with Gasteiger partial charge in [-0.1, -0.05) is 147 Å². The van der Waals surface area contributed by atoms with Crippen molar-refractivity contribution in [1.29, 1.82) is 5.41 Å². The first kappa shape index (κ1) is 98.4. The van der Waals surface area contributed by atoms with Crippen LogP contribution in [0.25, 0.3) is 11.1 Å². The summed E-state index contributed by atoms with van der Waals surface area (Å²) in [5.74, 6) is -19.5. The average molecular weight is 1690 g/mol. The van der Waals surface area contributed by atoms with Crippen LogP contribution in [0.1, 0.15) is 162 Å². The second-order valence-electron chi connectivity index (χ2n) is 30.3. The fraction of sp³-hybridized carbons (Fsp3) is 0.531. The number of aromatic nitrogens is 2. The summed E-state index contributed by atoms with van der Waals surface area (Å²) in [6, 6.07) is 1.46. The number of thioether (sulfide) groups is 1. The molecule has 5 rings (SSSR count). The van der Waals surface area contributed by atoms with E-state index in [4.69, 9.17) is 16.9 Å². The number of carbonyl (C=O) groups excluding carboxylic acids is 14. The number of nitrogens with two attached hydrogens (primary N) is 2. The number of nitrogens with zero attached hydrogens (tertiary/aromatic N) is 1. The molecular weight excluding hydrogens is 1580 g/mol. The number of aromatic hydroxyl groups is 1. The zero-order valence-corrected chi connectivity index (χ0v) is 69.7. The normalized spacial score (nSPS) is 23.4. The van der Waals surface area contributed by atoms with Crippen LogP contribution >= 0.6 is 11.8 Å². The van der Waals surface area contributed by atoms with Crippen molar-refractivity contribution in [2.45, 2.75) is 243 Å². The van der Waals surface area contributed by atoms with Gasteiger partial charge in [-0.25, -0.2) is 4.98 Å². The van der Waals surface area contributed by atoms with Gasteiger partial charge in [-0.15, -0.1) is 11.8 Å². The van der Waals surface area contributed by atoms with E-state index in [0.717, 1.165) is 22.9 Å². The smallest absolute Gasteiger partial charge is 0.305 e. The lowest BCUT2D eigenvalue weighted by Gasteiger charge is -2.29. The molecule has 23 N–H and O–H groups in total. The number of amides is 14. The van der Waals surface area contributed by atoms with E-state index in [9.17, 15) is 87.2 Å². The number of rotatable bonds is 28. The Morgan fingerprint density at radius 2 is 0.925 bits per heavy atom. The van der Waals surface area contributed by atoms with Gasteiger partial charge in [-0.3, -0.25) is 82.1 Å². The van der Waals surface area contributed by atoms with Crippen LogP contribution in [-0.4, -0.2) is 222 Å². The number of carboxylic acid groups (broad SMARTS) is 2. The number of primary amides is 1. The predicted molar refractivity (Wildman–Crippen MR) is 444 cm³/mol. The highest BCUT2D eigenvalue weighted by Gasteiger charge is 2.39.